The number of carbonyl (C=O) groups is 1. The zero-order chi connectivity index (χ0) is 21.1. The van der Waals surface area contributed by atoms with Gasteiger partial charge in [0.25, 0.3) is 5.91 Å². The third-order valence-electron chi connectivity index (χ3n) is 4.91. The van der Waals surface area contributed by atoms with E-state index in [9.17, 15) is 4.79 Å². The lowest BCUT2D eigenvalue weighted by molar-refractivity contribution is 0.0950. The third-order valence-corrected chi connectivity index (χ3v) is 5.19. The van der Waals surface area contributed by atoms with E-state index in [4.69, 9.17) is 21.1 Å². The molecule has 0 aliphatic carbocycles. The average molecular weight is 423 g/mol. The Labute approximate surface area is 181 Å². The first-order chi connectivity index (χ1) is 14.5. The SMILES string of the molecule is CN(C)Cc1ccc(-c2ccccc2CNC(=O)c2cc(Cl)c3c(c2)OCO3)cc1. The van der Waals surface area contributed by atoms with Crippen LogP contribution in [0.4, 0.5) is 0 Å². The fourth-order valence-electron chi connectivity index (χ4n) is 3.49. The van der Waals surface area contributed by atoms with Crippen LogP contribution in [0, 0.1) is 0 Å². The summed E-state index contributed by atoms with van der Waals surface area (Å²) < 4.78 is 10.7. The normalized spacial score (nSPS) is 12.3. The summed E-state index contributed by atoms with van der Waals surface area (Å²) in [4.78, 5) is 14.8. The molecule has 0 bridgehead atoms. The van der Waals surface area contributed by atoms with E-state index in [2.05, 4.69) is 54.6 Å². The number of rotatable bonds is 6. The van der Waals surface area contributed by atoms with Crippen molar-refractivity contribution in [1.29, 1.82) is 0 Å². The number of hydrogen-bond acceptors (Lipinski definition) is 4. The van der Waals surface area contributed by atoms with Gasteiger partial charge in [0.2, 0.25) is 6.79 Å². The summed E-state index contributed by atoms with van der Waals surface area (Å²) in [6.07, 6.45) is 0. The number of fused-ring (bicyclic) bond motifs is 1. The van der Waals surface area contributed by atoms with E-state index >= 15 is 0 Å². The molecule has 0 saturated carbocycles. The highest BCUT2D eigenvalue weighted by molar-refractivity contribution is 6.32. The van der Waals surface area contributed by atoms with Gasteiger partial charge in [0.15, 0.2) is 11.5 Å². The van der Waals surface area contributed by atoms with Crippen molar-refractivity contribution < 1.29 is 14.3 Å². The lowest BCUT2D eigenvalue weighted by atomic mass is 9.98. The Morgan fingerprint density at radius 2 is 1.83 bits per heavy atom. The van der Waals surface area contributed by atoms with Gasteiger partial charge in [-0.2, -0.15) is 0 Å². The van der Waals surface area contributed by atoms with Crippen LogP contribution in [0.15, 0.2) is 60.7 Å². The first-order valence-corrected chi connectivity index (χ1v) is 10.1. The quantitative estimate of drug-likeness (QED) is 0.624. The number of nitrogens with zero attached hydrogens (tertiary/aromatic N) is 1. The van der Waals surface area contributed by atoms with Gasteiger partial charge in [0.05, 0.1) is 5.02 Å². The second-order valence-corrected chi connectivity index (χ2v) is 7.87. The maximum Gasteiger partial charge on any atom is 0.251 e. The molecule has 1 aliphatic heterocycles. The van der Waals surface area contributed by atoms with Crippen LogP contribution in [0.25, 0.3) is 11.1 Å². The van der Waals surface area contributed by atoms with Crippen LogP contribution in [0.2, 0.25) is 5.02 Å². The van der Waals surface area contributed by atoms with E-state index in [0.717, 1.165) is 23.2 Å². The van der Waals surface area contributed by atoms with Crippen molar-refractivity contribution in [2.24, 2.45) is 0 Å². The molecule has 0 spiro atoms. The molecule has 3 aromatic carbocycles. The first kappa shape index (κ1) is 20.3. The highest BCUT2D eigenvalue weighted by atomic mass is 35.5. The van der Waals surface area contributed by atoms with Gasteiger partial charge in [0.1, 0.15) is 0 Å². The van der Waals surface area contributed by atoms with E-state index in [1.807, 2.05) is 18.2 Å². The van der Waals surface area contributed by atoms with Crippen LogP contribution < -0.4 is 14.8 Å². The van der Waals surface area contributed by atoms with E-state index in [0.29, 0.717) is 28.6 Å². The summed E-state index contributed by atoms with van der Waals surface area (Å²) in [5.74, 6) is 0.758. The van der Waals surface area contributed by atoms with Crippen LogP contribution in [0.3, 0.4) is 0 Å². The highest BCUT2D eigenvalue weighted by Crippen LogP contribution is 2.39. The van der Waals surface area contributed by atoms with Gasteiger partial charge in [-0.3, -0.25) is 4.79 Å². The van der Waals surface area contributed by atoms with Gasteiger partial charge < -0.3 is 19.7 Å². The smallest absolute Gasteiger partial charge is 0.251 e. The number of halogens is 1. The van der Waals surface area contributed by atoms with Crippen molar-refractivity contribution in [2.75, 3.05) is 20.9 Å². The summed E-state index contributed by atoms with van der Waals surface area (Å²) in [5.41, 5.74) is 4.95. The molecule has 0 unspecified atom stereocenters. The molecule has 0 fully saturated rings. The van der Waals surface area contributed by atoms with E-state index in [-0.39, 0.29) is 12.7 Å². The van der Waals surface area contributed by atoms with E-state index in [1.54, 1.807) is 12.1 Å². The lowest BCUT2D eigenvalue weighted by Crippen LogP contribution is -2.23. The molecule has 0 aromatic heterocycles. The highest BCUT2D eigenvalue weighted by Gasteiger charge is 2.20. The lowest BCUT2D eigenvalue weighted by Gasteiger charge is -2.13. The van der Waals surface area contributed by atoms with Crippen LogP contribution in [-0.2, 0) is 13.1 Å². The number of hydrogen-bond donors (Lipinski definition) is 1. The number of benzene rings is 3. The Balaban J connectivity index is 1.50. The summed E-state index contributed by atoms with van der Waals surface area (Å²) in [7, 11) is 4.11. The first-order valence-electron chi connectivity index (χ1n) is 9.70. The van der Waals surface area contributed by atoms with Gasteiger partial charge in [0, 0.05) is 18.7 Å². The molecule has 30 heavy (non-hydrogen) atoms. The zero-order valence-electron chi connectivity index (χ0n) is 16.9. The minimum atomic E-state index is -0.216. The summed E-state index contributed by atoms with van der Waals surface area (Å²) in [5, 5.41) is 3.35. The molecule has 3 aromatic rings. The minimum Gasteiger partial charge on any atom is -0.454 e. The van der Waals surface area contributed by atoms with Gasteiger partial charge >= 0.3 is 0 Å². The zero-order valence-corrected chi connectivity index (χ0v) is 17.7. The molecular weight excluding hydrogens is 400 g/mol. The molecule has 0 atom stereocenters. The summed E-state index contributed by atoms with van der Waals surface area (Å²) in [6.45, 7) is 1.41. The summed E-state index contributed by atoms with van der Waals surface area (Å²) >= 11 is 6.20. The predicted octanol–water partition coefficient (Wildman–Crippen LogP) is 4.73. The maximum absolute atomic E-state index is 12.7. The largest absolute Gasteiger partial charge is 0.454 e. The fourth-order valence-corrected chi connectivity index (χ4v) is 3.75. The molecule has 1 aliphatic rings. The van der Waals surface area contributed by atoms with E-state index in [1.165, 1.54) is 5.56 Å². The van der Waals surface area contributed by atoms with Crippen molar-refractivity contribution in [1.82, 2.24) is 10.2 Å². The Kier molecular flexibility index (Phi) is 5.93. The summed E-state index contributed by atoms with van der Waals surface area (Å²) in [6, 6.07) is 19.8. The second kappa shape index (κ2) is 8.78. The van der Waals surface area contributed by atoms with Crippen molar-refractivity contribution in [3.63, 3.8) is 0 Å². The second-order valence-electron chi connectivity index (χ2n) is 7.47. The molecule has 6 heteroatoms. The molecular formula is C24H23ClN2O3. The van der Waals surface area contributed by atoms with Crippen LogP contribution in [0.1, 0.15) is 21.5 Å². The molecule has 0 radical (unpaired) electrons. The number of nitrogens with one attached hydrogen (secondary N) is 1. The Morgan fingerprint density at radius 1 is 1.07 bits per heavy atom. The van der Waals surface area contributed by atoms with Crippen LogP contribution in [0.5, 0.6) is 11.5 Å². The maximum atomic E-state index is 12.7. The van der Waals surface area contributed by atoms with Gasteiger partial charge in [-0.15, -0.1) is 0 Å². The third kappa shape index (κ3) is 4.42. The molecule has 1 N–H and O–H groups in total. The monoisotopic (exact) mass is 422 g/mol. The van der Waals surface area contributed by atoms with Crippen molar-refractivity contribution in [3.8, 4) is 22.6 Å². The molecule has 1 amide bonds. The number of amides is 1. The molecule has 5 nitrogen and oxygen atoms in total. The number of ether oxygens (including phenoxy) is 2. The predicted molar refractivity (Wildman–Crippen MR) is 118 cm³/mol. The standard InChI is InChI=1S/C24H23ClN2O3/c1-27(2)14-16-7-9-17(10-8-16)20-6-4-3-5-18(20)13-26-24(28)19-11-21(25)23-22(12-19)29-15-30-23/h3-12H,13-15H2,1-2H3,(H,26,28). The van der Waals surface area contributed by atoms with Gasteiger partial charge in [-0.05, 0) is 48.5 Å². The fraction of sp³-hybridized carbons (Fsp3) is 0.208. The average Bonchev–Trinajstić information content (AvgIpc) is 3.22. The van der Waals surface area contributed by atoms with E-state index < -0.39 is 0 Å². The van der Waals surface area contributed by atoms with Gasteiger partial charge in [-0.1, -0.05) is 60.1 Å². The topological polar surface area (TPSA) is 50.8 Å². The van der Waals surface area contributed by atoms with Crippen molar-refractivity contribution >= 4 is 17.5 Å². The van der Waals surface area contributed by atoms with Crippen LogP contribution >= 0.6 is 11.6 Å². The van der Waals surface area contributed by atoms with Gasteiger partial charge in [-0.25, -0.2) is 0 Å². The molecule has 154 valence electrons. The van der Waals surface area contributed by atoms with Crippen molar-refractivity contribution in [2.45, 2.75) is 13.1 Å². The Hall–Kier alpha value is -3.02. The minimum absolute atomic E-state index is 0.112. The van der Waals surface area contributed by atoms with Crippen molar-refractivity contribution in [3.05, 3.63) is 82.4 Å². The Morgan fingerprint density at radius 3 is 2.60 bits per heavy atom. The molecule has 1 heterocycles. The number of carbonyl (C=O) groups excluding carboxylic acids is 1. The Bertz CT molecular complexity index is 1060. The molecule has 4 rings (SSSR count). The molecule has 0 saturated heterocycles. The van der Waals surface area contributed by atoms with Crippen LogP contribution in [-0.4, -0.2) is 31.7 Å².